The van der Waals surface area contributed by atoms with Crippen LogP contribution >= 0.6 is 11.3 Å². The van der Waals surface area contributed by atoms with Crippen LogP contribution in [0, 0.1) is 0 Å². The van der Waals surface area contributed by atoms with Gasteiger partial charge in [0.1, 0.15) is 0 Å². The number of thiophene rings is 1. The average Bonchev–Trinajstić information content (AvgIpc) is 3.23. The van der Waals surface area contributed by atoms with Crippen LogP contribution in [0.15, 0.2) is 47.8 Å². The van der Waals surface area contributed by atoms with E-state index in [1.165, 1.54) is 11.3 Å². The van der Waals surface area contributed by atoms with Crippen LogP contribution < -0.4 is 10.6 Å². The zero-order valence-corrected chi connectivity index (χ0v) is 15.3. The van der Waals surface area contributed by atoms with Crippen LogP contribution in [0.25, 0.3) is 0 Å². The molecule has 7 heteroatoms. The molecule has 138 valence electrons. The Balaban J connectivity index is 1.53. The third-order valence-electron chi connectivity index (χ3n) is 4.32. The summed E-state index contributed by atoms with van der Waals surface area (Å²) in [6.45, 7) is 3.55. The molecule has 2 N–H and O–H groups in total. The predicted octanol–water partition coefficient (Wildman–Crippen LogP) is 1.67. The lowest BCUT2D eigenvalue weighted by molar-refractivity contribution is -0.120. The number of carbonyl (C=O) groups is 2. The fourth-order valence-electron chi connectivity index (χ4n) is 2.95. The smallest absolute Gasteiger partial charge is 0.261 e. The molecule has 2 aromatic rings. The van der Waals surface area contributed by atoms with Crippen molar-refractivity contribution in [2.45, 2.75) is 6.04 Å². The summed E-state index contributed by atoms with van der Waals surface area (Å²) in [5.74, 6) is -0.410. The number of carbonyl (C=O) groups excluding carboxylic acids is 2. The molecule has 0 radical (unpaired) electrons. The third kappa shape index (κ3) is 5.14. The van der Waals surface area contributed by atoms with E-state index in [4.69, 9.17) is 4.74 Å². The Morgan fingerprint density at radius 1 is 1.08 bits per heavy atom. The van der Waals surface area contributed by atoms with Gasteiger partial charge in [-0.3, -0.25) is 14.5 Å². The minimum Gasteiger partial charge on any atom is -0.379 e. The van der Waals surface area contributed by atoms with E-state index in [0.717, 1.165) is 18.7 Å². The number of ether oxygens (including phenoxy) is 1. The van der Waals surface area contributed by atoms with Gasteiger partial charge in [-0.2, -0.15) is 0 Å². The molecule has 6 nitrogen and oxygen atoms in total. The van der Waals surface area contributed by atoms with Gasteiger partial charge in [0.05, 0.1) is 30.7 Å². The van der Waals surface area contributed by atoms with Crippen molar-refractivity contribution in [2.75, 3.05) is 39.4 Å². The van der Waals surface area contributed by atoms with Gasteiger partial charge in [-0.05, 0) is 17.0 Å². The molecule has 1 saturated heterocycles. The second kappa shape index (κ2) is 9.47. The van der Waals surface area contributed by atoms with Gasteiger partial charge in [-0.25, -0.2) is 0 Å². The van der Waals surface area contributed by atoms with Crippen molar-refractivity contribution in [3.8, 4) is 0 Å². The Morgan fingerprint density at radius 2 is 1.85 bits per heavy atom. The summed E-state index contributed by atoms with van der Waals surface area (Å²) in [7, 11) is 0. The van der Waals surface area contributed by atoms with Crippen molar-refractivity contribution in [3.05, 3.63) is 58.3 Å². The summed E-state index contributed by atoms with van der Waals surface area (Å²) >= 11 is 1.35. The molecule has 26 heavy (non-hydrogen) atoms. The zero-order chi connectivity index (χ0) is 18.2. The molecule has 1 aliphatic heterocycles. The lowest BCUT2D eigenvalue weighted by Gasteiger charge is -2.35. The zero-order valence-electron chi connectivity index (χ0n) is 14.5. The van der Waals surface area contributed by atoms with E-state index in [1.54, 1.807) is 6.07 Å². The maximum absolute atomic E-state index is 12.2. The highest BCUT2D eigenvalue weighted by Gasteiger charge is 2.23. The van der Waals surface area contributed by atoms with Gasteiger partial charge >= 0.3 is 0 Å². The third-order valence-corrected chi connectivity index (χ3v) is 5.19. The Bertz CT molecular complexity index is 700. The van der Waals surface area contributed by atoms with Crippen molar-refractivity contribution >= 4 is 23.2 Å². The lowest BCUT2D eigenvalue weighted by Crippen LogP contribution is -2.45. The molecular formula is C19H23N3O3S. The van der Waals surface area contributed by atoms with E-state index in [0.29, 0.717) is 24.6 Å². The maximum Gasteiger partial charge on any atom is 0.261 e. The fraction of sp³-hybridized carbons (Fsp3) is 0.368. The van der Waals surface area contributed by atoms with Crippen LogP contribution in [0.4, 0.5) is 0 Å². The summed E-state index contributed by atoms with van der Waals surface area (Å²) in [5.41, 5.74) is 1.16. The highest BCUT2D eigenvalue weighted by molar-refractivity contribution is 7.12. The SMILES string of the molecule is O=C(CNC(=O)c1cccs1)NCC(c1ccccc1)N1CCOCC1. The summed E-state index contributed by atoms with van der Waals surface area (Å²) in [6, 6.07) is 13.8. The van der Waals surface area contributed by atoms with Gasteiger partial charge in [0.2, 0.25) is 5.91 Å². The van der Waals surface area contributed by atoms with E-state index >= 15 is 0 Å². The first-order valence-electron chi connectivity index (χ1n) is 8.69. The number of hydrogen-bond acceptors (Lipinski definition) is 5. The molecule has 1 atom stereocenters. The van der Waals surface area contributed by atoms with Gasteiger partial charge in [0.25, 0.3) is 5.91 Å². The summed E-state index contributed by atoms with van der Waals surface area (Å²) < 4.78 is 5.44. The number of amides is 2. The van der Waals surface area contributed by atoms with E-state index < -0.39 is 0 Å². The molecule has 1 aromatic carbocycles. The maximum atomic E-state index is 12.2. The Kier molecular flexibility index (Phi) is 6.76. The van der Waals surface area contributed by atoms with Gasteiger partial charge in [0, 0.05) is 19.6 Å². The summed E-state index contributed by atoms with van der Waals surface area (Å²) in [4.78, 5) is 27.0. The normalized spacial score (nSPS) is 16.0. The van der Waals surface area contributed by atoms with Crippen molar-refractivity contribution in [1.29, 1.82) is 0 Å². The van der Waals surface area contributed by atoms with Crippen molar-refractivity contribution < 1.29 is 14.3 Å². The first-order valence-corrected chi connectivity index (χ1v) is 9.57. The van der Waals surface area contributed by atoms with Crippen LogP contribution in [0.1, 0.15) is 21.3 Å². The Hall–Kier alpha value is -2.22. The molecule has 2 amide bonds. The van der Waals surface area contributed by atoms with Gasteiger partial charge in [0.15, 0.2) is 0 Å². The Morgan fingerprint density at radius 3 is 2.54 bits per heavy atom. The Labute approximate surface area is 157 Å². The molecule has 1 aromatic heterocycles. The molecule has 0 spiro atoms. The minimum atomic E-state index is -0.220. The highest BCUT2D eigenvalue weighted by atomic mass is 32.1. The van der Waals surface area contributed by atoms with Crippen molar-refractivity contribution in [3.63, 3.8) is 0 Å². The molecule has 0 saturated carbocycles. The van der Waals surface area contributed by atoms with E-state index in [2.05, 4.69) is 27.7 Å². The van der Waals surface area contributed by atoms with E-state index in [9.17, 15) is 9.59 Å². The quantitative estimate of drug-likeness (QED) is 0.775. The molecular weight excluding hydrogens is 350 g/mol. The topological polar surface area (TPSA) is 70.7 Å². The number of hydrogen-bond donors (Lipinski definition) is 2. The number of nitrogens with zero attached hydrogens (tertiary/aromatic N) is 1. The standard InChI is InChI=1S/C19H23N3O3S/c23-18(14-21-19(24)17-7-4-12-26-17)20-13-16(15-5-2-1-3-6-15)22-8-10-25-11-9-22/h1-7,12,16H,8-11,13-14H2,(H,20,23)(H,21,24). The van der Waals surface area contributed by atoms with Crippen LogP contribution in [0.5, 0.6) is 0 Å². The largest absolute Gasteiger partial charge is 0.379 e. The molecule has 1 fully saturated rings. The second-order valence-corrected chi connectivity index (χ2v) is 6.99. The second-order valence-electron chi connectivity index (χ2n) is 6.04. The van der Waals surface area contributed by atoms with Gasteiger partial charge in [-0.15, -0.1) is 11.3 Å². The van der Waals surface area contributed by atoms with Crippen molar-refractivity contribution in [2.24, 2.45) is 0 Å². The average molecular weight is 373 g/mol. The first-order chi connectivity index (χ1) is 12.7. The molecule has 0 aliphatic carbocycles. The van der Waals surface area contributed by atoms with Gasteiger partial charge in [-0.1, -0.05) is 36.4 Å². The van der Waals surface area contributed by atoms with Gasteiger partial charge < -0.3 is 15.4 Å². The molecule has 3 rings (SSSR count). The molecule has 2 heterocycles. The number of morpholine rings is 1. The summed E-state index contributed by atoms with van der Waals surface area (Å²) in [6.07, 6.45) is 0. The summed E-state index contributed by atoms with van der Waals surface area (Å²) in [5, 5.41) is 7.44. The number of benzene rings is 1. The minimum absolute atomic E-state index is 0.0264. The monoisotopic (exact) mass is 373 g/mol. The highest BCUT2D eigenvalue weighted by Crippen LogP contribution is 2.20. The first kappa shape index (κ1) is 18.6. The van der Waals surface area contributed by atoms with E-state index in [-0.39, 0.29) is 24.4 Å². The number of nitrogens with one attached hydrogen (secondary N) is 2. The fourth-order valence-corrected chi connectivity index (χ4v) is 3.59. The van der Waals surface area contributed by atoms with Crippen LogP contribution in [0.2, 0.25) is 0 Å². The molecule has 1 aliphatic rings. The molecule has 1 unspecified atom stereocenters. The van der Waals surface area contributed by atoms with E-state index in [1.807, 2.05) is 29.6 Å². The van der Waals surface area contributed by atoms with Crippen LogP contribution in [0.3, 0.4) is 0 Å². The number of rotatable bonds is 7. The molecule has 0 bridgehead atoms. The van der Waals surface area contributed by atoms with Crippen molar-refractivity contribution in [1.82, 2.24) is 15.5 Å². The predicted molar refractivity (Wildman–Crippen MR) is 101 cm³/mol. The lowest BCUT2D eigenvalue weighted by atomic mass is 10.0. The van der Waals surface area contributed by atoms with Crippen LogP contribution in [-0.4, -0.2) is 56.1 Å². The van der Waals surface area contributed by atoms with Crippen LogP contribution in [-0.2, 0) is 9.53 Å².